The highest BCUT2D eigenvalue weighted by Gasteiger charge is 2.34. The molecule has 1 aliphatic heterocycles. The summed E-state index contributed by atoms with van der Waals surface area (Å²) in [6.07, 6.45) is -0.724. The number of para-hydroxylation sites is 1. The van der Waals surface area contributed by atoms with E-state index in [1.807, 2.05) is 43.3 Å². The molecular weight excluding hydrogens is 475 g/mol. The lowest BCUT2D eigenvalue weighted by Gasteiger charge is -2.20. The average Bonchev–Trinajstić information content (AvgIpc) is 3.25. The Kier molecular flexibility index (Phi) is 6.77. The normalized spacial score (nSPS) is 14.9. The van der Waals surface area contributed by atoms with Crippen LogP contribution in [0.5, 0.6) is 0 Å². The highest BCUT2D eigenvalue weighted by atomic mass is 35.5. The van der Waals surface area contributed by atoms with Crippen LogP contribution >= 0.6 is 23.2 Å². The van der Waals surface area contributed by atoms with Crippen LogP contribution in [0.4, 0.5) is 11.4 Å². The Morgan fingerprint density at radius 2 is 1.74 bits per heavy atom. The first-order chi connectivity index (χ1) is 16.2. The zero-order valence-corrected chi connectivity index (χ0v) is 20.3. The van der Waals surface area contributed by atoms with Gasteiger partial charge in [0.2, 0.25) is 18.0 Å². The van der Waals surface area contributed by atoms with Crippen LogP contribution in [0.25, 0.3) is 0 Å². The smallest absolute Gasteiger partial charge is 0.257 e. The number of amides is 2. The lowest BCUT2D eigenvalue weighted by molar-refractivity contribution is -0.135. The van der Waals surface area contributed by atoms with Crippen molar-refractivity contribution >= 4 is 52.3 Å². The number of hydrogen-bond acceptors (Lipinski definition) is 5. The van der Waals surface area contributed by atoms with E-state index >= 15 is 0 Å². The number of hydrazone groups is 1. The second-order valence-electron chi connectivity index (χ2n) is 7.85. The standard InChI is InChI=1S/C25H22Cl2N4O3/c1-15(32)31-25(16-8-11-18(12-9-16)30(2)3)34-24(29-31)20-6-4-5-7-22(20)28-23(33)19-13-10-17(26)14-21(19)27/h4-14,25H,1-3H3,(H,28,33)/t25-/m0/s1. The van der Waals surface area contributed by atoms with Crippen molar-refractivity contribution in [3.05, 3.63) is 93.5 Å². The van der Waals surface area contributed by atoms with Crippen LogP contribution in [0.1, 0.15) is 34.6 Å². The molecule has 3 aromatic rings. The molecule has 2 amide bonds. The van der Waals surface area contributed by atoms with Gasteiger partial charge in [-0.2, -0.15) is 5.01 Å². The second kappa shape index (κ2) is 9.75. The molecule has 1 heterocycles. The van der Waals surface area contributed by atoms with Gasteiger partial charge >= 0.3 is 0 Å². The molecule has 7 nitrogen and oxygen atoms in total. The lowest BCUT2D eigenvalue weighted by Crippen LogP contribution is -2.25. The number of benzene rings is 3. The largest absolute Gasteiger partial charge is 0.446 e. The van der Waals surface area contributed by atoms with Gasteiger partial charge in [-0.05, 0) is 42.5 Å². The van der Waals surface area contributed by atoms with E-state index in [0.29, 0.717) is 16.3 Å². The molecule has 4 rings (SSSR count). The molecule has 1 aliphatic rings. The maximum absolute atomic E-state index is 12.9. The third-order valence-electron chi connectivity index (χ3n) is 5.24. The van der Waals surface area contributed by atoms with Crippen LogP contribution in [-0.4, -0.2) is 36.8 Å². The number of hydrogen-bond donors (Lipinski definition) is 1. The fraction of sp³-hybridized carbons (Fsp3) is 0.160. The molecular formula is C25H22Cl2N4O3. The van der Waals surface area contributed by atoms with Crippen molar-refractivity contribution in [3.8, 4) is 0 Å². The van der Waals surface area contributed by atoms with Crippen molar-refractivity contribution in [2.24, 2.45) is 5.10 Å². The molecule has 0 fully saturated rings. The summed E-state index contributed by atoms with van der Waals surface area (Å²) in [5, 5.41) is 9.22. The first kappa shape index (κ1) is 23.6. The van der Waals surface area contributed by atoms with Gasteiger partial charge in [-0.1, -0.05) is 47.5 Å². The molecule has 0 saturated carbocycles. The first-order valence-electron chi connectivity index (χ1n) is 10.4. The maximum atomic E-state index is 12.9. The SMILES string of the molecule is CC(=O)N1N=C(c2ccccc2NC(=O)c2ccc(Cl)cc2Cl)O[C@H]1c1ccc(N(C)C)cc1. The number of nitrogens with one attached hydrogen (secondary N) is 1. The topological polar surface area (TPSA) is 74.2 Å². The highest BCUT2D eigenvalue weighted by molar-refractivity contribution is 6.37. The molecule has 0 aliphatic carbocycles. The van der Waals surface area contributed by atoms with Crippen LogP contribution < -0.4 is 10.2 Å². The number of ether oxygens (including phenoxy) is 1. The average molecular weight is 497 g/mol. The minimum absolute atomic E-state index is 0.218. The summed E-state index contributed by atoms with van der Waals surface area (Å²) in [7, 11) is 3.90. The van der Waals surface area contributed by atoms with Gasteiger partial charge < -0.3 is 15.0 Å². The van der Waals surface area contributed by atoms with Crippen molar-refractivity contribution in [3.63, 3.8) is 0 Å². The van der Waals surface area contributed by atoms with Crippen LogP contribution in [0.2, 0.25) is 10.0 Å². The van der Waals surface area contributed by atoms with E-state index in [1.165, 1.54) is 18.0 Å². The van der Waals surface area contributed by atoms with Crippen molar-refractivity contribution in [2.45, 2.75) is 13.2 Å². The van der Waals surface area contributed by atoms with Crippen molar-refractivity contribution in [1.29, 1.82) is 0 Å². The summed E-state index contributed by atoms with van der Waals surface area (Å²) in [4.78, 5) is 27.2. The van der Waals surface area contributed by atoms with Crippen LogP contribution in [0.15, 0.2) is 71.8 Å². The van der Waals surface area contributed by atoms with Gasteiger partial charge in [0.25, 0.3) is 5.91 Å². The van der Waals surface area contributed by atoms with Crippen LogP contribution in [-0.2, 0) is 9.53 Å². The minimum Gasteiger partial charge on any atom is -0.446 e. The predicted octanol–water partition coefficient (Wildman–Crippen LogP) is 5.55. The molecule has 174 valence electrons. The monoisotopic (exact) mass is 496 g/mol. The van der Waals surface area contributed by atoms with E-state index in [9.17, 15) is 9.59 Å². The summed E-state index contributed by atoms with van der Waals surface area (Å²) in [5.74, 6) is -0.465. The third-order valence-corrected chi connectivity index (χ3v) is 5.79. The fourth-order valence-electron chi connectivity index (χ4n) is 3.47. The third kappa shape index (κ3) is 4.85. The second-order valence-corrected chi connectivity index (χ2v) is 8.69. The van der Waals surface area contributed by atoms with Gasteiger partial charge in [0.15, 0.2) is 0 Å². The molecule has 0 aromatic heterocycles. The van der Waals surface area contributed by atoms with Crippen LogP contribution in [0.3, 0.4) is 0 Å². The molecule has 0 saturated heterocycles. The first-order valence-corrected chi connectivity index (χ1v) is 11.2. The van der Waals surface area contributed by atoms with Crippen LogP contribution in [0, 0.1) is 0 Å². The Balaban J connectivity index is 1.62. The summed E-state index contributed by atoms with van der Waals surface area (Å²) >= 11 is 12.1. The Bertz CT molecular complexity index is 1280. The zero-order valence-electron chi connectivity index (χ0n) is 18.8. The van der Waals surface area contributed by atoms with Gasteiger partial charge in [-0.15, -0.1) is 5.10 Å². The van der Waals surface area contributed by atoms with E-state index in [-0.39, 0.29) is 22.4 Å². The van der Waals surface area contributed by atoms with Gasteiger partial charge in [0, 0.05) is 37.3 Å². The zero-order chi connectivity index (χ0) is 24.4. The molecule has 9 heteroatoms. The molecule has 0 radical (unpaired) electrons. The minimum atomic E-state index is -0.724. The fourth-order valence-corrected chi connectivity index (χ4v) is 3.96. The van der Waals surface area contributed by atoms with Crippen molar-refractivity contribution in [1.82, 2.24) is 5.01 Å². The van der Waals surface area contributed by atoms with Gasteiger partial charge in [-0.3, -0.25) is 9.59 Å². The number of carbonyl (C=O) groups excluding carboxylic acids is 2. The number of rotatable bonds is 5. The maximum Gasteiger partial charge on any atom is 0.257 e. The Labute approximate surface area is 207 Å². The summed E-state index contributed by atoms with van der Waals surface area (Å²) in [6, 6.07) is 19.4. The molecule has 34 heavy (non-hydrogen) atoms. The van der Waals surface area contributed by atoms with E-state index in [1.54, 1.807) is 36.4 Å². The van der Waals surface area contributed by atoms with E-state index < -0.39 is 12.1 Å². The molecule has 1 atom stereocenters. The Morgan fingerprint density at radius 3 is 2.38 bits per heavy atom. The van der Waals surface area contributed by atoms with E-state index in [4.69, 9.17) is 27.9 Å². The van der Waals surface area contributed by atoms with Gasteiger partial charge in [-0.25, -0.2) is 0 Å². The summed E-state index contributed by atoms with van der Waals surface area (Å²) in [5.41, 5.74) is 3.06. The highest BCUT2D eigenvalue weighted by Crippen LogP contribution is 2.33. The lowest BCUT2D eigenvalue weighted by atomic mass is 10.1. The van der Waals surface area contributed by atoms with Crippen molar-refractivity contribution < 1.29 is 14.3 Å². The molecule has 0 unspecified atom stereocenters. The summed E-state index contributed by atoms with van der Waals surface area (Å²) in [6.45, 7) is 1.42. The number of halogens is 2. The molecule has 0 bridgehead atoms. The molecule has 1 N–H and O–H groups in total. The van der Waals surface area contributed by atoms with Crippen molar-refractivity contribution in [2.75, 3.05) is 24.3 Å². The van der Waals surface area contributed by atoms with Gasteiger partial charge in [0.1, 0.15) is 0 Å². The van der Waals surface area contributed by atoms with Gasteiger partial charge in [0.05, 0.1) is 21.8 Å². The quantitative estimate of drug-likeness (QED) is 0.502. The number of anilines is 2. The predicted molar refractivity (Wildman–Crippen MR) is 135 cm³/mol. The number of nitrogens with zero attached hydrogens (tertiary/aromatic N) is 3. The van der Waals surface area contributed by atoms with E-state index in [0.717, 1.165) is 11.3 Å². The molecule has 3 aromatic carbocycles. The molecule has 0 spiro atoms. The number of carbonyl (C=O) groups is 2. The Hall–Kier alpha value is -3.55. The summed E-state index contributed by atoms with van der Waals surface area (Å²) < 4.78 is 6.12. The Morgan fingerprint density at radius 1 is 1.03 bits per heavy atom. The van der Waals surface area contributed by atoms with E-state index in [2.05, 4.69) is 10.4 Å².